The maximum absolute atomic E-state index is 13.5. The molecule has 130 valence electrons. The number of alkyl halides is 3. The van der Waals surface area contributed by atoms with E-state index >= 15 is 0 Å². The van der Waals surface area contributed by atoms with E-state index in [1.54, 1.807) is 0 Å². The number of carbonyl (C=O) groups is 1. The third kappa shape index (κ3) is 3.17. The lowest BCUT2D eigenvalue weighted by Gasteiger charge is -2.11. The van der Waals surface area contributed by atoms with Crippen molar-refractivity contribution in [1.29, 1.82) is 0 Å². The molecule has 0 saturated heterocycles. The Morgan fingerprint density at radius 3 is 2.44 bits per heavy atom. The van der Waals surface area contributed by atoms with Crippen molar-refractivity contribution in [2.24, 2.45) is 0 Å². The molecular formula is C16H11F4N3O2. The number of carboxylic acid groups (broad SMARTS) is 1. The van der Waals surface area contributed by atoms with Crippen LogP contribution in [0.1, 0.15) is 11.3 Å². The van der Waals surface area contributed by atoms with E-state index in [9.17, 15) is 22.4 Å². The number of carboxylic acids is 1. The molecule has 3 aromatic rings. The predicted octanol–water partition coefficient (Wildman–Crippen LogP) is 3.65. The highest BCUT2D eigenvalue weighted by Crippen LogP contribution is 2.38. The molecule has 0 aliphatic rings. The SMILES string of the molecule is Cc1nn(CC(=O)O)c2nc(-c3ccc(F)cc3)cc(C(F)(F)F)c12. The summed E-state index contributed by atoms with van der Waals surface area (Å²) in [6, 6.07) is 5.67. The summed E-state index contributed by atoms with van der Waals surface area (Å²) >= 11 is 0. The first kappa shape index (κ1) is 16.9. The lowest BCUT2D eigenvalue weighted by Crippen LogP contribution is -2.12. The van der Waals surface area contributed by atoms with E-state index in [4.69, 9.17) is 5.11 Å². The second kappa shape index (κ2) is 5.83. The monoisotopic (exact) mass is 353 g/mol. The summed E-state index contributed by atoms with van der Waals surface area (Å²) in [5, 5.41) is 12.5. The van der Waals surface area contributed by atoms with Gasteiger partial charge in [-0.1, -0.05) is 0 Å². The number of hydrogen-bond donors (Lipinski definition) is 1. The van der Waals surface area contributed by atoms with Crippen LogP contribution in [0.2, 0.25) is 0 Å². The van der Waals surface area contributed by atoms with Crippen molar-refractivity contribution >= 4 is 17.0 Å². The highest BCUT2D eigenvalue weighted by atomic mass is 19.4. The Kier molecular flexibility index (Phi) is 3.94. The van der Waals surface area contributed by atoms with Gasteiger partial charge in [0.1, 0.15) is 12.4 Å². The molecule has 5 nitrogen and oxygen atoms in total. The van der Waals surface area contributed by atoms with Crippen molar-refractivity contribution in [3.8, 4) is 11.3 Å². The zero-order valence-corrected chi connectivity index (χ0v) is 12.8. The number of halogens is 4. The first-order valence-electron chi connectivity index (χ1n) is 7.10. The van der Waals surface area contributed by atoms with Crippen LogP contribution >= 0.6 is 0 Å². The first-order chi connectivity index (χ1) is 11.7. The van der Waals surface area contributed by atoms with E-state index < -0.39 is 30.1 Å². The number of aliphatic carboxylic acids is 1. The van der Waals surface area contributed by atoms with Crippen LogP contribution in [0.25, 0.3) is 22.3 Å². The smallest absolute Gasteiger partial charge is 0.417 e. The van der Waals surface area contributed by atoms with Crippen LogP contribution < -0.4 is 0 Å². The summed E-state index contributed by atoms with van der Waals surface area (Å²) < 4.78 is 54.4. The van der Waals surface area contributed by atoms with Crippen LogP contribution in [0.15, 0.2) is 30.3 Å². The van der Waals surface area contributed by atoms with Crippen LogP contribution in [0.3, 0.4) is 0 Å². The molecule has 0 spiro atoms. The van der Waals surface area contributed by atoms with Gasteiger partial charge in [0.15, 0.2) is 5.65 Å². The standard InChI is InChI=1S/C16H11F4N3O2/c1-8-14-11(16(18,19)20)6-12(9-2-4-10(17)5-3-9)21-15(14)23(22-8)7-13(24)25/h2-6H,7H2,1H3,(H,24,25). The van der Waals surface area contributed by atoms with E-state index in [1.165, 1.54) is 19.1 Å². The average Bonchev–Trinajstić information content (AvgIpc) is 2.82. The minimum atomic E-state index is -4.68. The molecule has 0 fully saturated rings. The maximum Gasteiger partial charge on any atom is 0.417 e. The Morgan fingerprint density at radius 2 is 1.88 bits per heavy atom. The van der Waals surface area contributed by atoms with Gasteiger partial charge < -0.3 is 5.11 Å². The van der Waals surface area contributed by atoms with Gasteiger partial charge in [-0.25, -0.2) is 14.1 Å². The average molecular weight is 353 g/mol. The molecule has 1 aromatic carbocycles. The van der Waals surface area contributed by atoms with Crippen molar-refractivity contribution in [3.05, 3.63) is 47.4 Å². The van der Waals surface area contributed by atoms with Gasteiger partial charge in [-0.2, -0.15) is 18.3 Å². The minimum absolute atomic E-state index is 0.0294. The second-order valence-corrected chi connectivity index (χ2v) is 5.40. The van der Waals surface area contributed by atoms with Crippen LogP contribution in [0.4, 0.5) is 17.6 Å². The fraction of sp³-hybridized carbons (Fsp3) is 0.188. The molecular weight excluding hydrogens is 342 g/mol. The Balaban J connectivity index is 2.32. The van der Waals surface area contributed by atoms with Gasteiger partial charge in [0.2, 0.25) is 0 Å². The number of fused-ring (bicyclic) bond motifs is 1. The Morgan fingerprint density at radius 1 is 1.24 bits per heavy atom. The van der Waals surface area contributed by atoms with E-state index in [-0.39, 0.29) is 28.0 Å². The third-order valence-electron chi connectivity index (χ3n) is 3.61. The highest BCUT2D eigenvalue weighted by Gasteiger charge is 2.35. The minimum Gasteiger partial charge on any atom is -0.480 e. The molecule has 0 unspecified atom stereocenters. The largest absolute Gasteiger partial charge is 0.480 e. The lowest BCUT2D eigenvalue weighted by atomic mass is 10.1. The van der Waals surface area contributed by atoms with E-state index in [0.717, 1.165) is 22.9 Å². The van der Waals surface area contributed by atoms with Gasteiger partial charge >= 0.3 is 12.1 Å². The number of benzene rings is 1. The predicted molar refractivity (Wildman–Crippen MR) is 80.3 cm³/mol. The van der Waals surface area contributed by atoms with Crippen LogP contribution in [-0.2, 0) is 17.5 Å². The Labute approximate surface area is 138 Å². The number of rotatable bonds is 3. The van der Waals surface area contributed by atoms with E-state index in [0.29, 0.717) is 0 Å². The van der Waals surface area contributed by atoms with Gasteiger partial charge in [0, 0.05) is 5.56 Å². The fourth-order valence-electron chi connectivity index (χ4n) is 2.58. The van der Waals surface area contributed by atoms with Gasteiger partial charge in [-0.05, 0) is 37.3 Å². The van der Waals surface area contributed by atoms with Crippen LogP contribution in [0, 0.1) is 12.7 Å². The molecule has 0 aliphatic carbocycles. The van der Waals surface area contributed by atoms with Crippen molar-refractivity contribution in [2.75, 3.05) is 0 Å². The van der Waals surface area contributed by atoms with Gasteiger partial charge in [-0.3, -0.25) is 4.79 Å². The molecule has 2 aromatic heterocycles. The summed E-state index contributed by atoms with van der Waals surface area (Å²) in [5.41, 5.74) is -0.900. The van der Waals surface area contributed by atoms with E-state index in [2.05, 4.69) is 10.1 Å². The quantitative estimate of drug-likeness (QED) is 0.730. The lowest BCUT2D eigenvalue weighted by molar-refractivity contribution is -0.138. The fourth-order valence-corrected chi connectivity index (χ4v) is 2.58. The summed E-state index contributed by atoms with van der Waals surface area (Å²) in [5.74, 6) is -1.79. The second-order valence-electron chi connectivity index (χ2n) is 5.40. The molecule has 1 N–H and O–H groups in total. The van der Waals surface area contributed by atoms with Gasteiger partial charge in [0.05, 0.1) is 22.3 Å². The number of nitrogens with zero attached hydrogens (tertiary/aromatic N) is 3. The normalized spacial score (nSPS) is 11.9. The number of aryl methyl sites for hydroxylation is 1. The molecule has 25 heavy (non-hydrogen) atoms. The Hall–Kier alpha value is -2.97. The number of aromatic nitrogens is 3. The molecule has 9 heteroatoms. The maximum atomic E-state index is 13.5. The summed E-state index contributed by atoms with van der Waals surface area (Å²) in [6.07, 6.45) is -4.68. The molecule has 0 radical (unpaired) electrons. The van der Waals surface area contributed by atoms with Crippen molar-refractivity contribution in [2.45, 2.75) is 19.6 Å². The van der Waals surface area contributed by atoms with Gasteiger partial charge in [-0.15, -0.1) is 0 Å². The summed E-state index contributed by atoms with van der Waals surface area (Å²) in [4.78, 5) is 15.1. The zero-order valence-electron chi connectivity index (χ0n) is 12.8. The van der Waals surface area contributed by atoms with E-state index in [1.807, 2.05) is 0 Å². The molecule has 0 saturated carbocycles. The van der Waals surface area contributed by atoms with Crippen molar-refractivity contribution < 1.29 is 27.5 Å². The molecule has 0 bridgehead atoms. The Bertz CT molecular complexity index is 962. The molecule has 0 atom stereocenters. The zero-order chi connectivity index (χ0) is 18.4. The number of hydrogen-bond acceptors (Lipinski definition) is 3. The van der Waals surface area contributed by atoms with Crippen LogP contribution in [0.5, 0.6) is 0 Å². The van der Waals surface area contributed by atoms with Gasteiger partial charge in [0.25, 0.3) is 0 Å². The highest BCUT2D eigenvalue weighted by molar-refractivity contribution is 5.86. The first-order valence-corrected chi connectivity index (χ1v) is 7.10. The topological polar surface area (TPSA) is 68.0 Å². The molecule has 3 rings (SSSR count). The molecule has 2 heterocycles. The molecule has 0 aliphatic heterocycles. The molecule has 0 amide bonds. The number of pyridine rings is 1. The van der Waals surface area contributed by atoms with Crippen LogP contribution in [-0.4, -0.2) is 25.8 Å². The van der Waals surface area contributed by atoms with Crippen molar-refractivity contribution in [1.82, 2.24) is 14.8 Å². The summed E-state index contributed by atoms with van der Waals surface area (Å²) in [7, 11) is 0. The third-order valence-corrected chi connectivity index (χ3v) is 3.61. The summed E-state index contributed by atoms with van der Waals surface area (Å²) in [6.45, 7) is 0.733. The van der Waals surface area contributed by atoms with Crippen molar-refractivity contribution in [3.63, 3.8) is 0 Å².